The molecule has 2 atom stereocenters. The van der Waals surface area contributed by atoms with E-state index in [0.29, 0.717) is 22.4 Å². The topological polar surface area (TPSA) is 108 Å². The van der Waals surface area contributed by atoms with Crippen molar-refractivity contribution < 1.29 is 37.2 Å². The van der Waals surface area contributed by atoms with Crippen molar-refractivity contribution in [2.45, 2.75) is 25.6 Å². The second-order valence-electron chi connectivity index (χ2n) is 7.02. The fourth-order valence-electron chi connectivity index (χ4n) is 3.06. The zero-order valence-corrected chi connectivity index (χ0v) is 17.2. The number of esters is 1. The van der Waals surface area contributed by atoms with Crippen LogP contribution >= 0.6 is 11.6 Å². The van der Waals surface area contributed by atoms with E-state index in [2.05, 4.69) is 0 Å². The molecule has 1 heterocycles. The van der Waals surface area contributed by atoms with Crippen LogP contribution in [0.1, 0.15) is 18.1 Å². The lowest BCUT2D eigenvalue weighted by Gasteiger charge is -2.25. The van der Waals surface area contributed by atoms with Crippen molar-refractivity contribution in [1.82, 2.24) is 0 Å². The summed E-state index contributed by atoms with van der Waals surface area (Å²) >= 11 is 5.94. The summed E-state index contributed by atoms with van der Waals surface area (Å²) in [5.41, 5.74) is -2.19. The standard InChI is InChI=1S/C20H16ClF3N2O6/c1-10(32-19(28)12-6-11-7-13(21)2-5-17(11)31-9-12)18(27)25-16-4-3-14(26(29)30)8-15(16)20(22,23)24/h2-5,7-8,10,12H,6,9H2,1H3,(H,25,27). The fourth-order valence-corrected chi connectivity index (χ4v) is 3.26. The van der Waals surface area contributed by atoms with Crippen LogP contribution in [0.3, 0.4) is 0 Å². The minimum Gasteiger partial charge on any atom is -0.492 e. The maximum absolute atomic E-state index is 13.3. The normalized spacial score (nSPS) is 16.3. The van der Waals surface area contributed by atoms with E-state index in [0.717, 1.165) is 12.1 Å². The zero-order chi connectivity index (χ0) is 23.6. The molecule has 170 valence electrons. The van der Waals surface area contributed by atoms with Gasteiger partial charge in [-0.1, -0.05) is 11.6 Å². The molecule has 0 bridgehead atoms. The van der Waals surface area contributed by atoms with Crippen molar-refractivity contribution in [3.05, 3.63) is 62.7 Å². The molecule has 8 nitrogen and oxygen atoms in total. The van der Waals surface area contributed by atoms with Crippen LogP contribution in [0.15, 0.2) is 36.4 Å². The molecule has 1 N–H and O–H groups in total. The average Bonchev–Trinajstić information content (AvgIpc) is 2.72. The first-order valence-corrected chi connectivity index (χ1v) is 9.61. The number of carbonyl (C=O) groups excluding carboxylic acids is 2. The first kappa shape index (κ1) is 23.3. The van der Waals surface area contributed by atoms with Gasteiger partial charge in [0.25, 0.3) is 11.6 Å². The number of non-ortho nitro benzene ring substituents is 1. The Morgan fingerprint density at radius 2 is 2.00 bits per heavy atom. The van der Waals surface area contributed by atoms with Crippen LogP contribution in [0.25, 0.3) is 0 Å². The third kappa shape index (κ3) is 5.28. The molecule has 0 aromatic heterocycles. The average molecular weight is 473 g/mol. The van der Waals surface area contributed by atoms with E-state index < -0.39 is 51.9 Å². The first-order valence-electron chi connectivity index (χ1n) is 9.24. The van der Waals surface area contributed by atoms with Crippen LogP contribution in [0.4, 0.5) is 24.5 Å². The maximum Gasteiger partial charge on any atom is 0.418 e. The molecular weight excluding hydrogens is 457 g/mol. The van der Waals surface area contributed by atoms with E-state index in [1.54, 1.807) is 18.2 Å². The minimum absolute atomic E-state index is 0.00236. The van der Waals surface area contributed by atoms with Gasteiger partial charge in [0, 0.05) is 17.2 Å². The third-order valence-corrected chi connectivity index (χ3v) is 4.94. The summed E-state index contributed by atoms with van der Waals surface area (Å²) in [5, 5.41) is 13.2. The highest BCUT2D eigenvalue weighted by Crippen LogP contribution is 2.37. The molecule has 1 amide bonds. The highest BCUT2D eigenvalue weighted by atomic mass is 35.5. The van der Waals surface area contributed by atoms with Crippen LogP contribution < -0.4 is 10.1 Å². The van der Waals surface area contributed by atoms with E-state index in [1.807, 2.05) is 5.32 Å². The SMILES string of the molecule is CC(OC(=O)C1COc2ccc(Cl)cc2C1)C(=O)Nc1ccc([N+](=O)[O-])cc1C(F)(F)F. The smallest absolute Gasteiger partial charge is 0.418 e. The van der Waals surface area contributed by atoms with Crippen LogP contribution in [0, 0.1) is 16.0 Å². The molecule has 2 unspecified atom stereocenters. The van der Waals surface area contributed by atoms with Gasteiger partial charge in [-0.2, -0.15) is 13.2 Å². The largest absolute Gasteiger partial charge is 0.492 e. The number of hydrogen-bond acceptors (Lipinski definition) is 6. The summed E-state index contributed by atoms with van der Waals surface area (Å²) in [7, 11) is 0. The Morgan fingerprint density at radius 3 is 2.66 bits per heavy atom. The highest BCUT2D eigenvalue weighted by Gasteiger charge is 2.36. The molecule has 0 aliphatic carbocycles. The third-order valence-electron chi connectivity index (χ3n) is 4.70. The van der Waals surface area contributed by atoms with Gasteiger partial charge >= 0.3 is 12.1 Å². The molecule has 32 heavy (non-hydrogen) atoms. The highest BCUT2D eigenvalue weighted by molar-refractivity contribution is 6.30. The van der Waals surface area contributed by atoms with Gasteiger partial charge in [-0.05, 0) is 43.2 Å². The molecule has 0 fully saturated rings. The number of benzene rings is 2. The molecule has 0 spiro atoms. The number of nitro benzene ring substituents is 1. The van der Waals surface area contributed by atoms with Crippen molar-refractivity contribution in [2.75, 3.05) is 11.9 Å². The lowest BCUT2D eigenvalue weighted by atomic mass is 9.97. The van der Waals surface area contributed by atoms with Gasteiger partial charge < -0.3 is 14.8 Å². The number of hydrogen-bond donors (Lipinski definition) is 1. The monoisotopic (exact) mass is 472 g/mol. The molecule has 1 aliphatic heterocycles. The van der Waals surface area contributed by atoms with Crippen molar-refractivity contribution >= 4 is 34.9 Å². The first-order chi connectivity index (χ1) is 15.0. The van der Waals surface area contributed by atoms with E-state index in [1.165, 1.54) is 6.92 Å². The van der Waals surface area contributed by atoms with Gasteiger partial charge in [-0.3, -0.25) is 19.7 Å². The van der Waals surface area contributed by atoms with Crippen molar-refractivity contribution in [3.63, 3.8) is 0 Å². The van der Waals surface area contributed by atoms with Crippen LogP contribution in [-0.2, 0) is 26.9 Å². The number of amides is 1. The summed E-state index contributed by atoms with van der Waals surface area (Å²) < 4.78 is 50.4. The number of nitro groups is 1. The Balaban J connectivity index is 1.68. The van der Waals surface area contributed by atoms with Crippen molar-refractivity contribution in [3.8, 4) is 5.75 Å². The molecule has 3 rings (SSSR count). The Morgan fingerprint density at radius 1 is 1.28 bits per heavy atom. The summed E-state index contributed by atoms with van der Waals surface area (Å²) in [5.74, 6) is -1.96. The van der Waals surface area contributed by atoms with Crippen LogP contribution in [0.5, 0.6) is 5.75 Å². The minimum atomic E-state index is -4.96. The molecule has 2 aromatic carbocycles. The van der Waals surface area contributed by atoms with Gasteiger partial charge in [0.2, 0.25) is 0 Å². The summed E-state index contributed by atoms with van der Waals surface area (Å²) in [6.45, 7) is 1.20. The number of nitrogens with zero attached hydrogens (tertiary/aromatic N) is 1. The Hall–Kier alpha value is -3.34. The molecule has 0 saturated heterocycles. The maximum atomic E-state index is 13.3. The van der Waals surface area contributed by atoms with Gasteiger partial charge in [0.05, 0.1) is 22.1 Å². The lowest BCUT2D eigenvalue weighted by molar-refractivity contribution is -0.385. The Kier molecular flexibility index (Phi) is 6.58. The summed E-state index contributed by atoms with van der Waals surface area (Å²) in [6.07, 6.45) is -6.13. The Bertz CT molecular complexity index is 1080. The fraction of sp³-hybridized carbons (Fsp3) is 0.300. The number of anilines is 1. The second kappa shape index (κ2) is 9.03. The van der Waals surface area contributed by atoms with Gasteiger partial charge in [-0.15, -0.1) is 0 Å². The molecule has 2 aromatic rings. The van der Waals surface area contributed by atoms with Crippen LogP contribution in [0.2, 0.25) is 5.02 Å². The van der Waals surface area contributed by atoms with E-state index >= 15 is 0 Å². The number of carbonyl (C=O) groups is 2. The number of rotatable bonds is 5. The van der Waals surface area contributed by atoms with E-state index in [-0.39, 0.29) is 13.0 Å². The van der Waals surface area contributed by atoms with Crippen molar-refractivity contribution in [1.29, 1.82) is 0 Å². The van der Waals surface area contributed by atoms with Gasteiger partial charge in [0.1, 0.15) is 12.4 Å². The second-order valence-corrected chi connectivity index (χ2v) is 7.45. The molecule has 0 saturated carbocycles. The number of fused-ring (bicyclic) bond motifs is 1. The van der Waals surface area contributed by atoms with Crippen LogP contribution in [-0.4, -0.2) is 29.5 Å². The number of alkyl halides is 3. The van der Waals surface area contributed by atoms with Crippen molar-refractivity contribution in [2.24, 2.45) is 5.92 Å². The van der Waals surface area contributed by atoms with E-state index in [4.69, 9.17) is 21.1 Å². The predicted octanol–water partition coefficient (Wildman–Crippen LogP) is 4.39. The quantitative estimate of drug-likeness (QED) is 0.393. The Labute approximate surface area is 184 Å². The zero-order valence-electron chi connectivity index (χ0n) is 16.4. The van der Waals surface area contributed by atoms with E-state index in [9.17, 15) is 32.9 Å². The molecule has 0 radical (unpaired) electrons. The number of halogens is 4. The number of ether oxygens (including phenoxy) is 2. The molecular formula is C20H16ClF3N2O6. The predicted molar refractivity (Wildman–Crippen MR) is 106 cm³/mol. The summed E-state index contributed by atoms with van der Waals surface area (Å²) in [6, 6.07) is 6.84. The molecule has 1 aliphatic rings. The number of nitrogens with one attached hydrogen (secondary N) is 1. The summed E-state index contributed by atoms with van der Waals surface area (Å²) in [4.78, 5) is 34.6. The van der Waals surface area contributed by atoms with Gasteiger partial charge in [-0.25, -0.2) is 0 Å². The van der Waals surface area contributed by atoms with Gasteiger partial charge in [0.15, 0.2) is 6.10 Å². The molecule has 12 heteroatoms. The lowest BCUT2D eigenvalue weighted by Crippen LogP contribution is -2.36.